The molecule has 0 radical (unpaired) electrons. The smallest absolute Gasteiger partial charge is 0.128 e. The molecule has 1 aromatic rings. The van der Waals surface area contributed by atoms with Crippen LogP contribution in [0, 0.1) is 5.82 Å². The van der Waals surface area contributed by atoms with E-state index in [9.17, 15) is 4.39 Å². The molecule has 0 aliphatic carbocycles. The summed E-state index contributed by atoms with van der Waals surface area (Å²) in [5, 5.41) is 8.76. The summed E-state index contributed by atoms with van der Waals surface area (Å²) in [6.07, 6.45) is 0.728. The van der Waals surface area contributed by atoms with Crippen LogP contribution in [0.4, 0.5) is 4.39 Å². The molecule has 0 unspecified atom stereocenters. The predicted molar refractivity (Wildman–Crippen MR) is 66.8 cm³/mol. The monoisotopic (exact) mass is 289 g/mol. The second-order valence-electron chi connectivity index (χ2n) is 3.68. The van der Waals surface area contributed by atoms with Crippen molar-refractivity contribution in [1.29, 1.82) is 0 Å². The molecule has 0 aliphatic heterocycles. The Labute approximate surface area is 104 Å². The zero-order valence-electron chi connectivity index (χ0n) is 9.42. The Bertz CT molecular complexity index is 333. The summed E-state index contributed by atoms with van der Waals surface area (Å²) in [6, 6.07) is 5.12. The van der Waals surface area contributed by atoms with Crippen molar-refractivity contribution in [3.63, 3.8) is 0 Å². The minimum Gasteiger partial charge on any atom is -0.396 e. The maximum atomic E-state index is 13.6. The zero-order valence-corrected chi connectivity index (χ0v) is 11.0. The van der Waals surface area contributed by atoms with Gasteiger partial charge in [-0.1, -0.05) is 28.9 Å². The number of nitrogens with zero attached hydrogens (tertiary/aromatic N) is 1. The summed E-state index contributed by atoms with van der Waals surface area (Å²) in [5.74, 6) is -0.183. The first-order valence-corrected chi connectivity index (χ1v) is 6.23. The summed E-state index contributed by atoms with van der Waals surface area (Å²) in [6.45, 7) is 4.46. The molecule has 90 valence electrons. The van der Waals surface area contributed by atoms with Crippen molar-refractivity contribution < 1.29 is 9.50 Å². The fourth-order valence-corrected chi connectivity index (χ4v) is 1.87. The molecule has 1 N–H and O–H groups in total. The van der Waals surface area contributed by atoms with Crippen molar-refractivity contribution in [2.75, 3.05) is 19.7 Å². The van der Waals surface area contributed by atoms with Crippen LogP contribution in [-0.2, 0) is 6.54 Å². The van der Waals surface area contributed by atoms with Crippen molar-refractivity contribution in [3.8, 4) is 0 Å². The largest absolute Gasteiger partial charge is 0.396 e. The van der Waals surface area contributed by atoms with Gasteiger partial charge in [0, 0.05) is 29.7 Å². The molecule has 0 spiro atoms. The van der Waals surface area contributed by atoms with Gasteiger partial charge in [0.15, 0.2) is 0 Å². The van der Waals surface area contributed by atoms with Crippen molar-refractivity contribution in [3.05, 3.63) is 34.1 Å². The average molecular weight is 290 g/mol. The second-order valence-corrected chi connectivity index (χ2v) is 4.60. The van der Waals surface area contributed by atoms with Crippen molar-refractivity contribution in [1.82, 2.24) is 4.90 Å². The number of hydrogen-bond donors (Lipinski definition) is 1. The molecular weight excluding hydrogens is 273 g/mol. The molecule has 0 bridgehead atoms. The zero-order chi connectivity index (χ0) is 12.0. The third-order valence-electron chi connectivity index (χ3n) is 2.49. The van der Waals surface area contributed by atoms with E-state index in [1.165, 1.54) is 6.07 Å². The highest BCUT2D eigenvalue weighted by Crippen LogP contribution is 2.16. The third-order valence-corrected chi connectivity index (χ3v) is 2.98. The number of aliphatic hydroxyl groups is 1. The number of halogens is 2. The molecule has 0 atom stereocenters. The normalized spacial score (nSPS) is 11.1. The molecule has 1 aromatic carbocycles. The van der Waals surface area contributed by atoms with E-state index in [0.717, 1.165) is 24.0 Å². The van der Waals surface area contributed by atoms with E-state index < -0.39 is 0 Å². The van der Waals surface area contributed by atoms with E-state index in [-0.39, 0.29) is 12.4 Å². The van der Waals surface area contributed by atoms with Crippen LogP contribution < -0.4 is 0 Å². The van der Waals surface area contributed by atoms with Gasteiger partial charge in [-0.05, 0) is 25.1 Å². The molecule has 0 fully saturated rings. The van der Waals surface area contributed by atoms with Crippen molar-refractivity contribution in [2.45, 2.75) is 19.9 Å². The highest BCUT2D eigenvalue weighted by molar-refractivity contribution is 9.10. The Morgan fingerprint density at radius 2 is 2.19 bits per heavy atom. The fraction of sp³-hybridized carbons (Fsp3) is 0.500. The lowest BCUT2D eigenvalue weighted by Gasteiger charge is -2.20. The Morgan fingerprint density at radius 3 is 2.75 bits per heavy atom. The van der Waals surface area contributed by atoms with Crippen LogP contribution in [0.25, 0.3) is 0 Å². The highest BCUT2D eigenvalue weighted by Gasteiger charge is 2.07. The Morgan fingerprint density at radius 1 is 1.44 bits per heavy atom. The first kappa shape index (κ1) is 13.6. The van der Waals surface area contributed by atoms with E-state index in [0.29, 0.717) is 12.1 Å². The number of hydrogen-bond acceptors (Lipinski definition) is 2. The minimum atomic E-state index is -0.183. The molecule has 0 aliphatic rings. The lowest BCUT2D eigenvalue weighted by molar-refractivity contribution is 0.224. The number of aliphatic hydroxyl groups excluding tert-OH is 1. The maximum Gasteiger partial charge on any atom is 0.128 e. The van der Waals surface area contributed by atoms with Gasteiger partial charge in [-0.3, -0.25) is 4.90 Å². The molecule has 0 amide bonds. The van der Waals surface area contributed by atoms with Crippen LogP contribution in [0.3, 0.4) is 0 Å². The summed E-state index contributed by atoms with van der Waals surface area (Å²) < 4.78 is 14.3. The lowest BCUT2D eigenvalue weighted by Crippen LogP contribution is -2.25. The van der Waals surface area contributed by atoms with E-state index >= 15 is 0 Å². The number of rotatable bonds is 6. The van der Waals surface area contributed by atoms with Gasteiger partial charge in [0.1, 0.15) is 5.82 Å². The Balaban J connectivity index is 2.62. The molecule has 0 saturated heterocycles. The minimum absolute atomic E-state index is 0.180. The number of benzene rings is 1. The average Bonchev–Trinajstić information content (AvgIpc) is 2.27. The van der Waals surface area contributed by atoms with Crippen LogP contribution in [0.5, 0.6) is 0 Å². The van der Waals surface area contributed by atoms with Gasteiger partial charge in [-0.25, -0.2) is 4.39 Å². The van der Waals surface area contributed by atoms with Gasteiger partial charge in [0.05, 0.1) is 0 Å². The van der Waals surface area contributed by atoms with Crippen LogP contribution in [0.15, 0.2) is 22.7 Å². The van der Waals surface area contributed by atoms with E-state index in [1.54, 1.807) is 6.07 Å². The van der Waals surface area contributed by atoms with Crippen LogP contribution in [0.1, 0.15) is 18.9 Å². The Kier molecular flexibility index (Phi) is 5.95. The summed E-state index contributed by atoms with van der Waals surface area (Å²) in [7, 11) is 0. The third kappa shape index (κ3) is 4.20. The quantitative estimate of drug-likeness (QED) is 0.871. The molecule has 1 rings (SSSR count). The highest BCUT2D eigenvalue weighted by atomic mass is 79.9. The fourth-order valence-electron chi connectivity index (χ4n) is 1.53. The van der Waals surface area contributed by atoms with Crippen LogP contribution >= 0.6 is 15.9 Å². The van der Waals surface area contributed by atoms with Crippen LogP contribution in [0.2, 0.25) is 0 Å². The SMILES string of the molecule is CCN(CCCO)Cc1ccc(Br)cc1F. The Hall–Kier alpha value is -0.450. The molecule has 0 aromatic heterocycles. The standard InChI is InChI=1S/C12H17BrFNO/c1-2-15(6-3-7-16)9-10-4-5-11(13)8-12(10)14/h4-5,8,16H,2-3,6-7,9H2,1H3. The van der Waals surface area contributed by atoms with Gasteiger partial charge in [0.25, 0.3) is 0 Å². The molecular formula is C12H17BrFNO. The predicted octanol–water partition coefficient (Wildman–Crippen LogP) is 2.79. The second kappa shape index (κ2) is 6.99. The van der Waals surface area contributed by atoms with E-state index in [4.69, 9.17) is 5.11 Å². The van der Waals surface area contributed by atoms with Gasteiger partial charge < -0.3 is 5.11 Å². The van der Waals surface area contributed by atoms with Gasteiger partial charge >= 0.3 is 0 Å². The van der Waals surface area contributed by atoms with Crippen LogP contribution in [-0.4, -0.2) is 29.7 Å². The van der Waals surface area contributed by atoms with Gasteiger partial charge in [-0.2, -0.15) is 0 Å². The lowest BCUT2D eigenvalue weighted by atomic mass is 10.2. The molecule has 0 saturated carbocycles. The van der Waals surface area contributed by atoms with E-state index in [1.807, 2.05) is 13.0 Å². The summed E-state index contributed by atoms with van der Waals surface area (Å²) >= 11 is 3.23. The first-order chi connectivity index (χ1) is 7.67. The summed E-state index contributed by atoms with van der Waals surface area (Å²) in [5.41, 5.74) is 0.697. The molecule has 2 nitrogen and oxygen atoms in total. The topological polar surface area (TPSA) is 23.5 Å². The van der Waals surface area contributed by atoms with Crippen molar-refractivity contribution in [2.24, 2.45) is 0 Å². The molecule has 16 heavy (non-hydrogen) atoms. The first-order valence-electron chi connectivity index (χ1n) is 5.44. The maximum absolute atomic E-state index is 13.6. The van der Waals surface area contributed by atoms with Gasteiger partial charge in [0.2, 0.25) is 0 Å². The molecule has 4 heteroatoms. The summed E-state index contributed by atoms with van der Waals surface area (Å²) in [4.78, 5) is 2.11. The molecule has 0 heterocycles. The van der Waals surface area contributed by atoms with E-state index in [2.05, 4.69) is 20.8 Å². The van der Waals surface area contributed by atoms with Gasteiger partial charge in [-0.15, -0.1) is 0 Å². The van der Waals surface area contributed by atoms with Crippen molar-refractivity contribution >= 4 is 15.9 Å².